The molecule has 1 unspecified atom stereocenters. The van der Waals surface area contributed by atoms with Crippen LogP contribution in [-0.2, 0) is 19.0 Å². The van der Waals surface area contributed by atoms with Crippen molar-refractivity contribution in [3.8, 4) is 0 Å². The molecule has 0 aliphatic rings. The molecule has 0 radical (unpaired) electrons. The highest BCUT2D eigenvalue weighted by atomic mass is 32.2. The Balaban J connectivity index is 2.79. The summed E-state index contributed by atoms with van der Waals surface area (Å²) in [4.78, 5) is 12.1. The number of benzene rings is 1. The molecular weight excluding hydrogens is 366 g/mol. The van der Waals surface area contributed by atoms with E-state index in [1.165, 1.54) is 12.1 Å². The molecule has 0 aliphatic heterocycles. The molecule has 0 fully saturated rings. The molecule has 1 atom stereocenters. The molecule has 1 amide bonds. The number of hydrogen-bond donors (Lipinski definition) is 1. The van der Waals surface area contributed by atoms with E-state index in [4.69, 9.17) is 8.92 Å². The fourth-order valence-electron chi connectivity index (χ4n) is 2.43. The van der Waals surface area contributed by atoms with Crippen molar-refractivity contribution in [3.05, 3.63) is 29.8 Å². The molecule has 1 aromatic rings. The Labute approximate surface area is 163 Å². The van der Waals surface area contributed by atoms with E-state index in [1.807, 2.05) is 6.92 Å². The van der Waals surface area contributed by atoms with Gasteiger partial charge in [0.15, 0.2) is 6.23 Å². The molecule has 1 rings (SSSR count). The summed E-state index contributed by atoms with van der Waals surface area (Å²) in [5, 5.41) is 2.54. The number of alkyl carbamates (subject to hydrolysis) is 1. The van der Waals surface area contributed by atoms with E-state index in [2.05, 4.69) is 12.2 Å². The molecule has 7 heteroatoms. The molecule has 0 bridgehead atoms. The lowest BCUT2D eigenvalue weighted by Crippen LogP contribution is -2.41. The number of aryl methyl sites for hydroxylation is 1. The Morgan fingerprint density at radius 3 is 2.22 bits per heavy atom. The van der Waals surface area contributed by atoms with Crippen LogP contribution in [0.1, 0.15) is 71.8 Å². The van der Waals surface area contributed by atoms with Gasteiger partial charge in [-0.05, 0) is 52.7 Å². The fraction of sp³-hybridized carbons (Fsp3) is 0.650. The van der Waals surface area contributed by atoms with E-state index >= 15 is 0 Å². The minimum Gasteiger partial charge on any atom is -0.444 e. The van der Waals surface area contributed by atoms with Crippen LogP contribution in [0.15, 0.2) is 29.2 Å². The lowest BCUT2D eigenvalue weighted by molar-refractivity contribution is 0.0390. The largest absolute Gasteiger partial charge is 0.444 e. The molecule has 1 aromatic carbocycles. The Hall–Kier alpha value is -1.60. The molecule has 6 nitrogen and oxygen atoms in total. The van der Waals surface area contributed by atoms with Crippen molar-refractivity contribution in [1.29, 1.82) is 0 Å². The molecule has 0 aliphatic carbocycles. The Kier molecular flexibility index (Phi) is 9.26. The first-order valence-electron chi connectivity index (χ1n) is 9.53. The lowest BCUT2D eigenvalue weighted by atomic mass is 10.1. The van der Waals surface area contributed by atoms with Gasteiger partial charge in [0.1, 0.15) is 5.60 Å². The summed E-state index contributed by atoms with van der Waals surface area (Å²) >= 11 is 0. The van der Waals surface area contributed by atoms with Gasteiger partial charge in [0.25, 0.3) is 10.1 Å². The molecule has 0 saturated heterocycles. The number of amides is 1. The first kappa shape index (κ1) is 23.4. The average molecular weight is 400 g/mol. The third kappa shape index (κ3) is 9.77. The van der Waals surface area contributed by atoms with Crippen molar-refractivity contribution in [1.82, 2.24) is 5.32 Å². The molecular formula is C20H33NO5S. The van der Waals surface area contributed by atoms with Crippen molar-refractivity contribution >= 4 is 16.2 Å². The van der Waals surface area contributed by atoms with Gasteiger partial charge in [-0.2, -0.15) is 8.42 Å². The number of rotatable bonds is 10. The predicted octanol–water partition coefficient (Wildman–Crippen LogP) is 4.91. The highest BCUT2D eigenvalue weighted by Gasteiger charge is 2.25. The predicted molar refractivity (Wildman–Crippen MR) is 106 cm³/mol. The minimum atomic E-state index is -3.98. The molecule has 154 valence electrons. The summed E-state index contributed by atoms with van der Waals surface area (Å²) < 4.78 is 35.6. The smallest absolute Gasteiger partial charge is 0.409 e. The lowest BCUT2D eigenvalue weighted by Gasteiger charge is -2.23. The molecule has 0 heterocycles. The first-order valence-corrected chi connectivity index (χ1v) is 10.9. The van der Waals surface area contributed by atoms with E-state index in [0.717, 1.165) is 37.7 Å². The third-order valence-electron chi connectivity index (χ3n) is 3.80. The molecule has 0 saturated carbocycles. The second-order valence-corrected chi connectivity index (χ2v) is 9.27. The van der Waals surface area contributed by atoms with Crippen LogP contribution < -0.4 is 5.32 Å². The molecule has 0 spiro atoms. The van der Waals surface area contributed by atoms with Crippen LogP contribution in [0.3, 0.4) is 0 Å². The van der Waals surface area contributed by atoms with Crippen LogP contribution >= 0.6 is 0 Å². The number of hydrogen-bond acceptors (Lipinski definition) is 5. The summed E-state index contributed by atoms with van der Waals surface area (Å²) in [5.41, 5.74) is 0.277. The number of nitrogens with one attached hydrogen (secondary N) is 1. The first-order chi connectivity index (χ1) is 12.5. The molecule has 0 aromatic heterocycles. The number of ether oxygens (including phenoxy) is 1. The van der Waals surface area contributed by atoms with E-state index in [0.29, 0.717) is 6.42 Å². The summed E-state index contributed by atoms with van der Waals surface area (Å²) in [6.45, 7) is 9.24. The van der Waals surface area contributed by atoms with Crippen LogP contribution in [-0.4, -0.2) is 26.3 Å². The zero-order valence-corrected chi connectivity index (χ0v) is 17.9. The second-order valence-electron chi connectivity index (χ2n) is 7.70. The van der Waals surface area contributed by atoms with Crippen molar-refractivity contribution in [3.63, 3.8) is 0 Å². The van der Waals surface area contributed by atoms with E-state index in [-0.39, 0.29) is 4.90 Å². The van der Waals surface area contributed by atoms with E-state index in [1.54, 1.807) is 32.9 Å². The quantitative estimate of drug-likeness (QED) is 0.343. The van der Waals surface area contributed by atoms with Gasteiger partial charge in [-0.3, -0.25) is 5.32 Å². The summed E-state index contributed by atoms with van der Waals surface area (Å²) in [5.74, 6) is 0. The molecule has 1 N–H and O–H groups in total. The highest BCUT2D eigenvalue weighted by Crippen LogP contribution is 2.18. The highest BCUT2D eigenvalue weighted by molar-refractivity contribution is 7.86. The second kappa shape index (κ2) is 10.7. The van der Waals surface area contributed by atoms with Gasteiger partial charge in [0, 0.05) is 0 Å². The minimum absolute atomic E-state index is 0.0649. The van der Waals surface area contributed by atoms with Crippen molar-refractivity contribution < 1.29 is 22.1 Å². The van der Waals surface area contributed by atoms with Crippen LogP contribution in [0.2, 0.25) is 0 Å². The van der Waals surface area contributed by atoms with Crippen LogP contribution in [0, 0.1) is 6.92 Å². The standard InChI is InChI=1S/C20H33NO5S/c1-6-7-8-9-10-11-18(21-19(22)25-20(3,4)5)26-27(23,24)17-14-12-16(2)13-15-17/h12-15,18H,6-11H2,1-5H3,(H,21,22). The fourth-order valence-corrected chi connectivity index (χ4v) is 3.46. The SMILES string of the molecule is CCCCCCCC(NC(=O)OC(C)(C)C)OS(=O)(=O)c1ccc(C)cc1. The van der Waals surface area contributed by atoms with Crippen LogP contribution in [0.25, 0.3) is 0 Å². The van der Waals surface area contributed by atoms with Crippen molar-refractivity contribution in [2.75, 3.05) is 0 Å². The number of unbranched alkanes of at least 4 members (excludes halogenated alkanes) is 4. The maximum absolute atomic E-state index is 12.5. The summed E-state index contributed by atoms with van der Waals surface area (Å²) in [6, 6.07) is 6.40. The van der Waals surface area contributed by atoms with Crippen molar-refractivity contribution in [2.45, 2.75) is 89.9 Å². The normalized spacial score (nSPS) is 13.2. The van der Waals surface area contributed by atoms with Gasteiger partial charge >= 0.3 is 6.09 Å². The summed E-state index contributed by atoms with van der Waals surface area (Å²) in [6.07, 6.45) is 3.77. The van der Waals surface area contributed by atoms with Gasteiger partial charge in [0.05, 0.1) is 4.90 Å². The zero-order chi connectivity index (χ0) is 20.5. The maximum Gasteiger partial charge on any atom is 0.409 e. The third-order valence-corrected chi connectivity index (χ3v) is 5.14. The van der Waals surface area contributed by atoms with Gasteiger partial charge in [-0.15, -0.1) is 0 Å². The van der Waals surface area contributed by atoms with Gasteiger partial charge < -0.3 is 4.74 Å². The number of carbonyl (C=O) groups excluding carboxylic acids is 1. The van der Waals surface area contributed by atoms with Gasteiger partial charge in [-0.1, -0.05) is 50.3 Å². The molecule has 27 heavy (non-hydrogen) atoms. The van der Waals surface area contributed by atoms with Crippen molar-refractivity contribution in [2.24, 2.45) is 0 Å². The van der Waals surface area contributed by atoms with Crippen LogP contribution in [0.5, 0.6) is 0 Å². The van der Waals surface area contributed by atoms with E-state index in [9.17, 15) is 13.2 Å². The Bertz CT molecular complexity index is 677. The van der Waals surface area contributed by atoms with Gasteiger partial charge in [0.2, 0.25) is 0 Å². The van der Waals surface area contributed by atoms with E-state index < -0.39 is 28.0 Å². The van der Waals surface area contributed by atoms with Crippen LogP contribution in [0.4, 0.5) is 4.79 Å². The zero-order valence-electron chi connectivity index (χ0n) is 17.1. The monoisotopic (exact) mass is 399 g/mol. The Morgan fingerprint density at radius 1 is 1.07 bits per heavy atom. The average Bonchev–Trinajstić information content (AvgIpc) is 2.52. The Morgan fingerprint density at radius 2 is 1.67 bits per heavy atom. The topological polar surface area (TPSA) is 81.7 Å². The maximum atomic E-state index is 12.5. The number of carbonyl (C=O) groups is 1. The van der Waals surface area contributed by atoms with Gasteiger partial charge in [-0.25, -0.2) is 8.98 Å². The summed E-state index contributed by atoms with van der Waals surface area (Å²) in [7, 11) is -3.98.